The van der Waals surface area contributed by atoms with E-state index in [2.05, 4.69) is 20.6 Å². The molecule has 2 unspecified atom stereocenters. The molecule has 3 atom stereocenters. The molecule has 2 fully saturated rings. The van der Waals surface area contributed by atoms with E-state index in [4.69, 9.17) is 0 Å². The lowest BCUT2D eigenvalue weighted by atomic mass is 9.85. The Morgan fingerprint density at radius 1 is 1.08 bits per heavy atom. The highest BCUT2D eigenvalue weighted by atomic mass is 16.4. The fourth-order valence-electron chi connectivity index (χ4n) is 4.87. The van der Waals surface area contributed by atoms with Crippen LogP contribution in [0.15, 0.2) is 18.6 Å². The van der Waals surface area contributed by atoms with Crippen LogP contribution >= 0.6 is 0 Å². The standard InChI is InChI=1S/C21H31N5O5.C6H12/c1-5-6-13-7-10-26(16(13)20(30)31)19(29)17(21(2,3)4)25-15(27)12-24-18(28)14-11-22-8-9-23-14;1-2-4-6-5-3-1/h8-9,11,13,16-17H,5-7,10,12H2,1-4H3,(H,24,28)(H,25,27)(H,30,31);1-6H2/t13-,16?,17?;/m0./s1. The van der Waals surface area contributed by atoms with E-state index in [1.807, 2.05) is 6.92 Å². The normalized spacial score (nSPS) is 20.3. The van der Waals surface area contributed by atoms with Gasteiger partial charge in [0.1, 0.15) is 17.8 Å². The largest absolute Gasteiger partial charge is 0.480 e. The van der Waals surface area contributed by atoms with E-state index in [0.717, 1.165) is 12.8 Å². The number of aliphatic carboxylic acids is 1. The molecule has 1 saturated heterocycles. The SMILES string of the molecule is C1CCCCC1.CCC[C@H]1CCN(C(=O)C(NC(=O)CNC(=O)c2cnccn2)C(C)(C)C)C1C(=O)O. The molecule has 0 spiro atoms. The fourth-order valence-corrected chi connectivity index (χ4v) is 4.87. The minimum Gasteiger partial charge on any atom is -0.480 e. The first-order valence-corrected chi connectivity index (χ1v) is 13.4. The van der Waals surface area contributed by atoms with Crippen LogP contribution in [0, 0.1) is 11.3 Å². The number of likely N-dealkylation sites (tertiary alicyclic amines) is 1. The van der Waals surface area contributed by atoms with Crippen LogP contribution in [0.1, 0.15) is 96.0 Å². The summed E-state index contributed by atoms with van der Waals surface area (Å²) in [7, 11) is 0. The number of carbonyl (C=O) groups is 4. The van der Waals surface area contributed by atoms with Gasteiger partial charge in [0.2, 0.25) is 11.8 Å². The third-order valence-electron chi connectivity index (χ3n) is 6.84. The number of rotatable bonds is 8. The highest BCUT2D eigenvalue weighted by molar-refractivity contribution is 5.96. The van der Waals surface area contributed by atoms with Crippen LogP contribution in [-0.2, 0) is 14.4 Å². The van der Waals surface area contributed by atoms with E-state index < -0.39 is 41.2 Å². The molecule has 10 heteroatoms. The van der Waals surface area contributed by atoms with Crippen LogP contribution in [0.4, 0.5) is 0 Å². The third kappa shape index (κ3) is 9.40. The highest BCUT2D eigenvalue weighted by Crippen LogP contribution is 2.31. The Hall–Kier alpha value is -3.04. The van der Waals surface area contributed by atoms with E-state index in [-0.39, 0.29) is 18.2 Å². The number of nitrogens with one attached hydrogen (secondary N) is 2. The minimum atomic E-state index is -1.03. The molecule has 1 aromatic heterocycles. The predicted octanol–water partition coefficient (Wildman–Crippen LogP) is 3.18. The summed E-state index contributed by atoms with van der Waals surface area (Å²) in [6, 6.07) is -1.83. The minimum absolute atomic E-state index is 0.0714. The fraction of sp³-hybridized carbons (Fsp3) is 0.704. The first kappa shape index (κ1) is 30.2. The van der Waals surface area contributed by atoms with E-state index >= 15 is 0 Å². The van der Waals surface area contributed by atoms with Crippen molar-refractivity contribution in [1.29, 1.82) is 0 Å². The van der Waals surface area contributed by atoms with Crippen LogP contribution < -0.4 is 10.6 Å². The van der Waals surface area contributed by atoms with Crippen molar-refractivity contribution < 1.29 is 24.3 Å². The Labute approximate surface area is 220 Å². The van der Waals surface area contributed by atoms with Gasteiger partial charge in [0.25, 0.3) is 5.91 Å². The van der Waals surface area contributed by atoms with Crippen molar-refractivity contribution in [3.8, 4) is 0 Å². The van der Waals surface area contributed by atoms with Crippen LogP contribution in [0.3, 0.4) is 0 Å². The molecule has 0 radical (unpaired) electrons. The zero-order valence-corrected chi connectivity index (χ0v) is 22.7. The lowest BCUT2D eigenvalue weighted by molar-refractivity contribution is -0.152. The molecular formula is C27H43N5O5. The molecule has 206 valence electrons. The lowest BCUT2D eigenvalue weighted by Gasteiger charge is -2.35. The molecule has 1 aliphatic heterocycles. The number of nitrogens with zero attached hydrogens (tertiary/aromatic N) is 3. The zero-order chi connectivity index (χ0) is 27.4. The van der Waals surface area contributed by atoms with Gasteiger partial charge in [0.05, 0.1) is 12.7 Å². The second-order valence-electron chi connectivity index (χ2n) is 10.9. The van der Waals surface area contributed by atoms with Crippen LogP contribution in [0.5, 0.6) is 0 Å². The Morgan fingerprint density at radius 2 is 1.70 bits per heavy atom. The number of carboxylic acids is 1. The molecule has 37 heavy (non-hydrogen) atoms. The first-order chi connectivity index (χ1) is 17.6. The summed E-state index contributed by atoms with van der Waals surface area (Å²) < 4.78 is 0. The van der Waals surface area contributed by atoms with Gasteiger partial charge in [-0.25, -0.2) is 9.78 Å². The molecule has 1 aliphatic carbocycles. The summed E-state index contributed by atoms with van der Waals surface area (Å²) >= 11 is 0. The molecule has 10 nitrogen and oxygen atoms in total. The van der Waals surface area contributed by atoms with Crippen LogP contribution in [0.25, 0.3) is 0 Å². The van der Waals surface area contributed by atoms with Gasteiger partial charge in [-0.1, -0.05) is 72.6 Å². The van der Waals surface area contributed by atoms with E-state index in [9.17, 15) is 24.3 Å². The van der Waals surface area contributed by atoms with E-state index in [1.54, 1.807) is 20.8 Å². The molecule has 3 rings (SSSR count). The van der Waals surface area contributed by atoms with Crippen LogP contribution in [-0.4, -0.2) is 68.8 Å². The predicted molar refractivity (Wildman–Crippen MR) is 140 cm³/mol. The topological polar surface area (TPSA) is 142 Å². The van der Waals surface area contributed by atoms with Gasteiger partial charge in [-0.3, -0.25) is 19.4 Å². The molecule has 2 heterocycles. The second-order valence-corrected chi connectivity index (χ2v) is 10.9. The van der Waals surface area contributed by atoms with E-state index in [1.165, 1.54) is 62.0 Å². The van der Waals surface area contributed by atoms with Gasteiger partial charge >= 0.3 is 5.97 Å². The van der Waals surface area contributed by atoms with Crippen molar-refractivity contribution >= 4 is 23.7 Å². The maximum absolute atomic E-state index is 13.3. The van der Waals surface area contributed by atoms with Crippen LogP contribution in [0.2, 0.25) is 0 Å². The number of carboxylic acid groups (broad SMARTS) is 1. The Morgan fingerprint density at radius 3 is 2.19 bits per heavy atom. The highest BCUT2D eigenvalue weighted by Gasteiger charge is 2.45. The average molecular weight is 518 g/mol. The van der Waals surface area contributed by atoms with Gasteiger partial charge in [-0.15, -0.1) is 0 Å². The third-order valence-corrected chi connectivity index (χ3v) is 6.84. The van der Waals surface area contributed by atoms with Crippen molar-refractivity contribution in [2.24, 2.45) is 11.3 Å². The molecule has 2 aliphatic rings. The quantitative estimate of drug-likeness (QED) is 0.481. The molecule has 3 amide bonds. The van der Waals surface area contributed by atoms with Gasteiger partial charge in [-0.2, -0.15) is 0 Å². The van der Waals surface area contributed by atoms with Crippen molar-refractivity contribution in [2.45, 2.75) is 97.6 Å². The van der Waals surface area contributed by atoms with Crippen molar-refractivity contribution in [1.82, 2.24) is 25.5 Å². The van der Waals surface area contributed by atoms with E-state index in [0.29, 0.717) is 13.0 Å². The van der Waals surface area contributed by atoms with Gasteiger partial charge in [-0.05, 0) is 24.2 Å². The van der Waals surface area contributed by atoms with Crippen molar-refractivity contribution in [2.75, 3.05) is 13.1 Å². The summed E-state index contributed by atoms with van der Waals surface area (Å²) in [5.74, 6) is -2.67. The van der Waals surface area contributed by atoms with Gasteiger partial charge in [0, 0.05) is 18.9 Å². The summed E-state index contributed by atoms with van der Waals surface area (Å²) in [6.07, 6.45) is 15.3. The molecular weight excluding hydrogens is 474 g/mol. The molecule has 0 aromatic carbocycles. The number of aromatic nitrogens is 2. The summed E-state index contributed by atoms with van der Waals surface area (Å²) in [6.45, 7) is 7.36. The zero-order valence-electron chi connectivity index (χ0n) is 22.7. The van der Waals surface area contributed by atoms with Crippen molar-refractivity contribution in [3.05, 3.63) is 24.3 Å². The lowest BCUT2D eigenvalue weighted by Crippen LogP contribution is -2.58. The second kappa shape index (κ2) is 14.6. The average Bonchev–Trinajstić information content (AvgIpc) is 3.31. The Bertz CT molecular complexity index is 887. The summed E-state index contributed by atoms with van der Waals surface area (Å²) in [4.78, 5) is 58.7. The molecule has 0 bridgehead atoms. The number of carbonyl (C=O) groups excluding carboxylic acids is 3. The van der Waals surface area contributed by atoms with Gasteiger partial charge in [0.15, 0.2) is 0 Å². The summed E-state index contributed by atoms with van der Waals surface area (Å²) in [5, 5.41) is 14.8. The number of hydrogen-bond donors (Lipinski definition) is 3. The maximum Gasteiger partial charge on any atom is 0.326 e. The monoisotopic (exact) mass is 517 g/mol. The number of hydrogen-bond acceptors (Lipinski definition) is 6. The first-order valence-electron chi connectivity index (χ1n) is 13.4. The Balaban J connectivity index is 0.000000700. The molecule has 1 saturated carbocycles. The van der Waals surface area contributed by atoms with Crippen molar-refractivity contribution in [3.63, 3.8) is 0 Å². The summed E-state index contributed by atoms with van der Waals surface area (Å²) in [5.41, 5.74) is -0.588. The number of amides is 3. The smallest absolute Gasteiger partial charge is 0.326 e. The molecule has 3 N–H and O–H groups in total. The maximum atomic E-state index is 13.3. The van der Waals surface area contributed by atoms with Gasteiger partial charge < -0.3 is 20.6 Å². The Kier molecular flexibility index (Phi) is 11.9. The molecule has 1 aromatic rings.